The van der Waals surface area contributed by atoms with Gasteiger partial charge >= 0.3 is 0 Å². The molecule has 2 atom stereocenters. The zero-order valence-electron chi connectivity index (χ0n) is 40.5. The summed E-state index contributed by atoms with van der Waals surface area (Å²) in [5.74, 6) is -0.0295. The smallest absolute Gasteiger partial charge is 0.220 e. The minimum absolute atomic E-state index is 0.0295. The van der Waals surface area contributed by atoms with Gasteiger partial charge in [0.25, 0.3) is 0 Å². The van der Waals surface area contributed by atoms with Gasteiger partial charge in [-0.2, -0.15) is 0 Å². The summed E-state index contributed by atoms with van der Waals surface area (Å²) in [4.78, 5) is 12.4. The van der Waals surface area contributed by atoms with E-state index in [2.05, 4.69) is 67.8 Å². The number of carbonyl (C=O) groups excluding carboxylic acids is 1. The minimum Gasteiger partial charge on any atom is -0.394 e. The van der Waals surface area contributed by atoms with E-state index >= 15 is 0 Å². The van der Waals surface area contributed by atoms with Gasteiger partial charge in [0.2, 0.25) is 5.91 Å². The van der Waals surface area contributed by atoms with Crippen LogP contribution in [0.4, 0.5) is 0 Å². The Balaban J connectivity index is 3.34. The van der Waals surface area contributed by atoms with E-state index in [-0.39, 0.29) is 12.5 Å². The minimum atomic E-state index is -0.655. The van der Waals surface area contributed by atoms with Gasteiger partial charge in [0.15, 0.2) is 0 Å². The first-order valence-electron chi connectivity index (χ1n) is 26.8. The van der Waals surface area contributed by atoms with Crippen LogP contribution in [-0.2, 0) is 4.79 Å². The van der Waals surface area contributed by atoms with Crippen molar-refractivity contribution in [3.05, 3.63) is 48.6 Å². The molecular formula is C56H105NO3. The molecule has 0 bridgehead atoms. The molecule has 0 aliphatic heterocycles. The van der Waals surface area contributed by atoms with E-state index < -0.39 is 12.1 Å². The van der Waals surface area contributed by atoms with Crippen molar-refractivity contribution in [1.29, 1.82) is 0 Å². The van der Waals surface area contributed by atoms with Crippen LogP contribution in [0.15, 0.2) is 48.6 Å². The number of hydrogen-bond acceptors (Lipinski definition) is 3. The summed E-state index contributed by atoms with van der Waals surface area (Å²) >= 11 is 0. The highest BCUT2D eigenvalue weighted by Gasteiger charge is 2.20. The number of aliphatic hydroxyl groups is 2. The van der Waals surface area contributed by atoms with Crippen molar-refractivity contribution >= 4 is 5.91 Å². The average molecular weight is 840 g/mol. The lowest BCUT2D eigenvalue weighted by atomic mass is 10.0. The Morgan fingerprint density at radius 3 is 1.10 bits per heavy atom. The van der Waals surface area contributed by atoms with Gasteiger partial charge in [-0.3, -0.25) is 4.79 Å². The number of carbonyl (C=O) groups is 1. The topological polar surface area (TPSA) is 69.6 Å². The Morgan fingerprint density at radius 2 is 0.733 bits per heavy atom. The van der Waals surface area contributed by atoms with Gasteiger partial charge in [0.1, 0.15) is 0 Å². The molecule has 0 rings (SSSR count). The standard InChI is InChI=1S/C56H105NO3/c1-3-5-7-9-11-13-14-15-16-17-18-19-20-21-22-23-24-25-26-27-28-29-30-31-32-33-34-35-36-37-38-39-40-41-42-44-46-48-50-52-56(60)57-54(53-58)55(59)51-49-47-45-43-12-10-8-6-4-2/h5,7,11,13,15-16,18-19,54-55,58-59H,3-4,6,8-10,12,14,17,20-53H2,1-2H3,(H,57,60)/b7-5-,13-11-,16-15-,19-18-. The second-order valence-electron chi connectivity index (χ2n) is 18.3. The van der Waals surface area contributed by atoms with Gasteiger partial charge in [-0.15, -0.1) is 0 Å². The van der Waals surface area contributed by atoms with Crippen LogP contribution in [0.25, 0.3) is 0 Å². The molecular weight excluding hydrogens is 735 g/mol. The molecule has 0 heterocycles. The lowest BCUT2D eigenvalue weighted by Crippen LogP contribution is -2.45. The molecule has 0 spiro atoms. The molecule has 0 aromatic heterocycles. The number of unbranched alkanes of at least 4 members (excludes halogenated alkanes) is 34. The number of amides is 1. The van der Waals surface area contributed by atoms with Crippen LogP contribution in [0.2, 0.25) is 0 Å². The third-order valence-corrected chi connectivity index (χ3v) is 12.4. The predicted molar refractivity (Wildman–Crippen MR) is 267 cm³/mol. The fourth-order valence-electron chi connectivity index (χ4n) is 8.30. The fraction of sp³-hybridized carbons (Fsp3) is 0.839. The van der Waals surface area contributed by atoms with E-state index in [1.54, 1.807) is 0 Å². The van der Waals surface area contributed by atoms with Crippen LogP contribution in [0, 0.1) is 0 Å². The molecule has 0 radical (unpaired) electrons. The van der Waals surface area contributed by atoms with E-state index in [0.717, 1.165) is 51.4 Å². The van der Waals surface area contributed by atoms with E-state index in [1.165, 1.54) is 205 Å². The maximum absolute atomic E-state index is 12.4. The molecule has 0 aliphatic carbocycles. The summed E-state index contributed by atoms with van der Waals surface area (Å²) in [5.41, 5.74) is 0. The lowest BCUT2D eigenvalue weighted by molar-refractivity contribution is -0.123. The van der Waals surface area contributed by atoms with E-state index in [1.807, 2.05) is 0 Å². The van der Waals surface area contributed by atoms with Crippen molar-refractivity contribution in [3.63, 3.8) is 0 Å². The molecule has 352 valence electrons. The maximum Gasteiger partial charge on any atom is 0.220 e. The van der Waals surface area contributed by atoms with Crippen LogP contribution in [-0.4, -0.2) is 34.9 Å². The van der Waals surface area contributed by atoms with E-state index in [4.69, 9.17) is 0 Å². The van der Waals surface area contributed by atoms with Crippen LogP contribution >= 0.6 is 0 Å². The Morgan fingerprint density at radius 1 is 0.417 bits per heavy atom. The SMILES string of the molecule is CC/C=C\C/C=C\C/C=C\C/C=C\CCCCCCCCCCCCCCCCCCCCCCCCCCCCC(=O)NC(CO)C(O)CCCCCCCCCCC. The Hall–Kier alpha value is -1.65. The lowest BCUT2D eigenvalue weighted by Gasteiger charge is -2.22. The third-order valence-electron chi connectivity index (χ3n) is 12.4. The predicted octanol–water partition coefficient (Wildman–Crippen LogP) is 17.5. The summed E-state index contributed by atoms with van der Waals surface area (Å²) in [7, 11) is 0. The van der Waals surface area contributed by atoms with E-state index in [9.17, 15) is 15.0 Å². The second kappa shape index (κ2) is 51.7. The molecule has 0 aliphatic rings. The molecule has 0 saturated heterocycles. The molecule has 3 N–H and O–H groups in total. The van der Waals surface area contributed by atoms with Crippen molar-refractivity contribution in [2.45, 2.75) is 296 Å². The van der Waals surface area contributed by atoms with Crippen LogP contribution in [0.3, 0.4) is 0 Å². The zero-order chi connectivity index (χ0) is 43.5. The van der Waals surface area contributed by atoms with Crippen LogP contribution < -0.4 is 5.32 Å². The van der Waals surface area contributed by atoms with Crippen LogP contribution in [0.1, 0.15) is 284 Å². The number of allylic oxidation sites excluding steroid dienone is 8. The summed E-state index contributed by atoms with van der Waals surface area (Å²) in [6, 6.07) is -0.531. The molecule has 0 aromatic carbocycles. The van der Waals surface area contributed by atoms with Crippen molar-refractivity contribution < 1.29 is 15.0 Å². The van der Waals surface area contributed by atoms with Crippen LogP contribution in [0.5, 0.6) is 0 Å². The van der Waals surface area contributed by atoms with Crippen molar-refractivity contribution in [2.24, 2.45) is 0 Å². The van der Waals surface area contributed by atoms with Gasteiger partial charge in [-0.05, 0) is 51.4 Å². The highest BCUT2D eigenvalue weighted by Crippen LogP contribution is 2.17. The highest BCUT2D eigenvalue weighted by molar-refractivity contribution is 5.76. The third kappa shape index (κ3) is 47.4. The van der Waals surface area contributed by atoms with Gasteiger partial charge in [-0.1, -0.05) is 274 Å². The van der Waals surface area contributed by atoms with Crippen molar-refractivity contribution in [1.82, 2.24) is 5.32 Å². The van der Waals surface area contributed by atoms with Gasteiger partial charge in [0, 0.05) is 6.42 Å². The zero-order valence-corrected chi connectivity index (χ0v) is 40.5. The van der Waals surface area contributed by atoms with Crippen molar-refractivity contribution in [2.75, 3.05) is 6.61 Å². The molecule has 1 amide bonds. The first-order valence-corrected chi connectivity index (χ1v) is 26.8. The van der Waals surface area contributed by atoms with Crippen molar-refractivity contribution in [3.8, 4) is 0 Å². The monoisotopic (exact) mass is 840 g/mol. The first kappa shape index (κ1) is 58.4. The Kier molecular flexibility index (Phi) is 50.3. The summed E-state index contributed by atoms with van der Waals surface area (Å²) < 4.78 is 0. The largest absolute Gasteiger partial charge is 0.394 e. The quantitative estimate of drug-likeness (QED) is 0.0422. The highest BCUT2D eigenvalue weighted by atomic mass is 16.3. The number of aliphatic hydroxyl groups excluding tert-OH is 2. The number of hydrogen-bond donors (Lipinski definition) is 3. The number of nitrogens with one attached hydrogen (secondary N) is 1. The molecule has 0 saturated carbocycles. The average Bonchev–Trinajstić information content (AvgIpc) is 3.25. The summed E-state index contributed by atoms with van der Waals surface area (Å²) in [6.45, 7) is 4.23. The molecule has 0 fully saturated rings. The van der Waals surface area contributed by atoms with Gasteiger partial charge < -0.3 is 15.5 Å². The fourth-order valence-corrected chi connectivity index (χ4v) is 8.30. The molecule has 2 unspecified atom stereocenters. The molecule has 4 nitrogen and oxygen atoms in total. The molecule has 0 aromatic rings. The van der Waals surface area contributed by atoms with Gasteiger partial charge in [0.05, 0.1) is 18.8 Å². The Labute approximate surface area is 375 Å². The summed E-state index contributed by atoms with van der Waals surface area (Å²) in [5, 5.41) is 23.1. The Bertz CT molecular complexity index is 954. The second-order valence-corrected chi connectivity index (χ2v) is 18.3. The summed E-state index contributed by atoms with van der Waals surface area (Å²) in [6.07, 6.45) is 71.2. The normalized spacial score (nSPS) is 13.2. The van der Waals surface area contributed by atoms with E-state index in [0.29, 0.717) is 12.8 Å². The number of rotatable bonds is 49. The maximum atomic E-state index is 12.4. The first-order chi connectivity index (χ1) is 29.7. The molecule has 4 heteroatoms. The molecule has 60 heavy (non-hydrogen) atoms. The van der Waals surface area contributed by atoms with Gasteiger partial charge in [-0.25, -0.2) is 0 Å².